The Kier molecular flexibility index (Phi) is 4.79. The van der Waals surface area contributed by atoms with Crippen LogP contribution in [0.15, 0.2) is 73.1 Å². The lowest BCUT2D eigenvalue weighted by atomic mass is 9.86. The van der Waals surface area contributed by atoms with Crippen molar-refractivity contribution in [2.24, 2.45) is 5.92 Å². The van der Waals surface area contributed by atoms with Gasteiger partial charge >= 0.3 is 5.66 Å². The number of aromatic nitrogens is 2. The molecule has 0 aliphatic carbocycles. The molecule has 0 N–H and O–H groups in total. The largest absolute Gasteiger partial charge is 0.417 e. The van der Waals surface area contributed by atoms with E-state index in [4.69, 9.17) is 0 Å². The summed E-state index contributed by atoms with van der Waals surface area (Å²) in [6.45, 7) is 16.7. The summed E-state index contributed by atoms with van der Waals surface area (Å²) in [6, 6.07) is 23.0. The number of nitrogens with zero attached hydrogens (tertiary/aromatic N) is 2. The molecule has 2 aromatic heterocycles. The highest BCUT2D eigenvalue weighted by molar-refractivity contribution is 6.89. The summed E-state index contributed by atoms with van der Waals surface area (Å²) in [7, 11) is -1.60. The number of rotatable bonds is 3. The van der Waals surface area contributed by atoms with Gasteiger partial charge < -0.3 is 0 Å². The molecule has 1 unspecified atom stereocenters. The van der Waals surface area contributed by atoms with Crippen molar-refractivity contribution < 1.29 is 9.13 Å². The molecule has 176 valence electrons. The summed E-state index contributed by atoms with van der Waals surface area (Å²) >= 11 is 0. The van der Waals surface area contributed by atoms with Crippen molar-refractivity contribution in [3.63, 3.8) is 0 Å². The number of fused-ring (bicyclic) bond motifs is 10. The fraction of sp³-hybridized carbons (Fsp3) is 0.312. The van der Waals surface area contributed by atoms with Crippen LogP contribution in [0.1, 0.15) is 41.7 Å². The fourth-order valence-electron chi connectivity index (χ4n) is 6.69. The third-order valence-corrected chi connectivity index (χ3v) is 9.92. The van der Waals surface area contributed by atoms with E-state index in [0.29, 0.717) is 5.92 Å². The van der Waals surface area contributed by atoms with Crippen molar-refractivity contribution in [2.75, 3.05) is 0 Å². The maximum absolute atomic E-state index is 2.64. The topological polar surface area (TPSA) is 7.76 Å². The monoisotopic (exact) mass is 476 g/mol. The molecule has 4 aromatic rings. The molecule has 0 saturated carbocycles. The van der Waals surface area contributed by atoms with E-state index in [9.17, 15) is 0 Å². The zero-order valence-corrected chi connectivity index (χ0v) is 23.1. The lowest BCUT2D eigenvalue weighted by molar-refractivity contribution is -0.954. The molecular formula is C32H36N2Si+2. The minimum atomic E-state index is -1.60. The van der Waals surface area contributed by atoms with Crippen LogP contribution in [0.2, 0.25) is 19.6 Å². The Balaban J connectivity index is 1.82. The van der Waals surface area contributed by atoms with Crippen LogP contribution in [0.4, 0.5) is 0 Å². The number of hydrogen-bond donors (Lipinski definition) is 0. The van der Waals surface area contributed by atoms with Crippen LogP contribution in [0.3, 0.4) is 0 Å². The van der Waals surface area contributed by atoms with Crippen molar-refractivity contribution in [3.05, 3.63) is 101 Å². The van der Waals surface area contributed by atoms with E-state index in [0.717, 1.165) is 6.42 Å². The Morgan fingerprint density at radius 3 is 2.31 bits per heavy atom. The average Bonchev–Trinajstić information content (AvgIpc) is 3.24. The Labute approximate surface area is 210 Å². The van der Waals surface area contributed by atoms with Crippen molar-refractivity contribution in [1.29, 1.82) is 0 Å². The minimum absolute atomic E-state index is 0.402. The molecule has 2 aliphatic heterocycles. The molecule has 0 amide bonds. The van der Waals surface area contributed by atoms with E-state index < -0.39 is 13.7 Å². The maximum Gasteiger partial charge on any atom is 0.417 e. The van der Waals surface area contributed by atoms with E-state index in [1.54, 1.807) is 5.19 Å². The highest BCUT2D eigenvalue weighted by Gasteiger charge is 2.67. The molecule has 35 heavy (non-hydrogen) atoms. The third-order valence-electron chi connectivity index (χ3n) is 7.85. The molecule has 2 aromatic carbocycles. The summed E-state index contributed by atoms with van der Waals surface area (Å²) in [5.74, 6) is 0.629. The minimum Gasteiger partial charge on any atom is -0.126 e. The van der Waals surface area contributed by atoms with Crippen molar-refractivity contribution in [2.45, 2.75) is 59.4 Å². The van der Waals surface area contributed by atoms with Gasteiger partial charge in [-0.25, -0.2) is 0 Å². The molecule has 1 spiro atoms. The molecule has 0 saturated heterocycles. The van der Waals surface area contributed by atoms with Gasteiger partial charge in [-0.2, -0.15) is 0 Å². The second-order valence-electron chi connectivity index (χ2n) is 12.0. The van der Waals surface area contributed by atoms with E-state index in [1.165, 1.54) is 50.3 Å². The molecule has 0 bridgehead atoms. The van der Waals surface area contributed by atoms with Crippen LogP contribution in [-0.2, 0) is 12.1 Å². The first kappa shape index (κ1) is 22.4. The van der Waals surface area contributed by atoms with Gasteiger partial charge in [0.15, 0.2) is 12.4 Å². The first-order valence-corrected chi connectivity index (χ1v) is 16.5. The van der Waals surface area contributed by atoms with Crippen molar-refractivity contribution >= 4 is 13.3 Å². The molecule has 6 rings (SSSR count). The lowest BCUT2D eigenvalue weighted by Gasteiger charge is -2.23. The second-order valence-corrected chi connectivity index (χ2v) is 17.0. The van der Waals surface area contributed by atoms with Gasteiger partial charge in [0.25, 0.3) is 0 Å². The van der Waals surface area contributed by atoms with Crippen molar-refractivity contribution in [1.82, 2.24) is 0 Å². The summed E-state index contributed by atoms with van der Waals surface area (Å²) < 4.78 is 5.17. The van der Waals surface area contributed by atoms with E-state index in [1.807, 2.05) is 0 Å². The first-order chi connectivity index (χ1) is 16.6. The van der Waals surface area contributed by atoms with Gasteiger partial charge in [-0.3, -0.25) is 0 Å². The SMILES string of the molecule is Cc1cc(C)c2c(c1)-c1cc(CC(C)C)c([Si](C)(C)C)c[n+]1C21c2ccccc2-c2cccc[n+]21. The zero-order chi connectivity index (χ0) is 24.7. The molecule has 3 heteroatoms. The molecular weight excluding hydrogens is 440 g/mol. The summed E-state index contributed by atoms with van der Waals surface area (Å²) in [6.07, 6.45) is 5.97. The maximum atomic E-state index is 2.64. The highest BCUT2D eigenvalue weighted by Crippen LogP contribution is 2.48. The molecule has 2 aliphatic rings. The second kappa shape index (κ2) is 7.48. The number of hydrogen-bond acceptors (Lipinski definition) is 0. The Morgan fingerprint density at radius 2 is 1.57 bits per heavy atom. The standard InChI is InChI=1S/C32H36N2Si/c1-21(2)16-24-19-29-26-18-22(3)17-23(4)31(26)32(34(29)20-30(24)35(5,6)7)27-13-9-8-12-25(27)28-14-10-11-15-33(28)32/h8-15,17-21H,16H2,1-7H3/q+2. The van der Waals surface area contributed by atoms with Crippen LogP contribution in [0.25, 0.3) is 22.5 Å². The van der Waals surface area contributed by atoms with Crippen LogP contribution in [0.5, 0.6) is 0 Å². The van der Waals surface area contributed by atoms with Gasteiger partial charge in [0.2, 0.25) is 11.4 Å². The van der Waals surface area contributed by atoms with Crippen LogP contribution >= 0.6 is 0 Å². The van der Waals surface area contributed by atoms with E-state index in [2.05, 4.69) is 130 Å². The van der Waals surface area contributed by atoms with E-state index in [-0.39, 0.29) is 0 Å². The Bertz CT molecular complexity index is 1460. The predicted molar refractivity (Wildman–Crippen MR) is 147 cm³/mol. The van der Waals surface area contributed by atoms with Gasteiger partial charge in [0.05, 0.1) is 19.2 Å². The Hall–Kier alpha value is -3.04. The molecule has 0 radical (unpaired) electrons. The summed E-state index contributed by atoms with van der Waals surface area (Å²) in [5, 5.41) is 1.58. The fourth-order valence-corrected chi connectivity index (χ4v) is 8.35. The quantitative estimate of drug-likeness (QED) is 0.223. The molecule has 0 fully saturated rings. The predicted octanol–water partition coefficient (Wildman–Crippen LogP) is 5.88. The van der Waals surface area contributed by atoms with E-state index >= 15 is 0 Å². The number of benzene rings is 2. The summed E-state index contributed by atoms with van der Waals surface area (Å²) in [4.78, 5) is 0. The first-order valence-electron chi connectivity index (χ1n) is 13.0. The van der Waals surface area contributed by atoms with Gasteiger partial charge in [0.1, 0.15) is 11.1 Å². The molecule has 4 heterocycles. The molecule has 2 nitrogen and oxygen atoms in total. The normalized spacial score (nSPS) is 17.5. The van der Waals surface area contributed by atoms with Crippen LogP contribution in [-0.4, -0.2) is 8.07 Å². The zero-order valence-electron chi connectivity index (χ0n) is 22.1. The number of pyridine rings is 2. The lowest BCUT2D eigenvalue weighted by Crippen LogP contribution is -2.72. The smallest absolute Gasteiger partial charge is 0.126 e. The van der Waals surface area contributed by atoms with Crippen LogP contribution < -0.4 is 14.3 Å². The van der Waals surface area contributed by atoms with Gasteiger partial charge in [0, 0.05) is 23.4 Å². The number of aryl methyl sites for hydroxylation is 2. The van der Waals surface area contributed by atoms with Crippen LogP contribution in [0, 0.1) is 19.8 Å². The molecule has 1 atom stereocenters. The van der Waals surface area contributed by atoms with Gasteiger partial charge in [-0.15, -0.1) is 9.13 Å². The third kappa shape index (κ3) is 3.00. The summed E-state index contributed by atoms with van der Waals surface area (Å²) in [5.41, 5.74) is 12.0. The van der Waals surface area contributed by atoms with Gasteiger partial charge in [-0.05, 0) is 67.1 Å². The van der Waals surface area contributed by atoms with Crippen molar-refractivity contribution in [3.8, 4) is 22.5 Å². The van der Waals surface area contributed by atoms with Gasteiger partial charge in [-0.1, -0.05) is 51.7 Å². The average molecular weight is 477 g/mol. The highest BCUT2D eigenvalue weighted by atomic mass is 28.3. The Morgan fingerprint density at radius 1 is 0.829 bits per heavy atom.